The average Bonchev–Trinajstić information content (AvgIpc) is 3.37. The first-order valence-corrected chi connectivity index (χ1v) is 8.79. The maximum Gasteiger partial charge on any atom is 0.247 e. The second kappa shape index (κ2) is 6.74. The molecule has 1 aromatic heterocycles. The Morgan fingerprint density at radius 2 is 2.04 bits per heavy atom. The van der Waals surface area contributed by atoms with Crippen LogP contribution in [0.5, 0.6) is 5.75 Å². The molecule has 0 bridgehead atoms. The number of likely N-dealkylation sites (tertiary alicyclic amines) is 1. The van der Waals surface area contributed by atoms with Gasteiger partial charge in [-0.3, -0.25) is 4.79 Å². The van der Waals surface area contributed by atoms with Gasteiger partial charge in [0.15, 0.2) is 0 Å². The van der Waals surface area contributed by atoms with Gasteiger partial charge in [0.2, 0.25) is 5.91 Å². The van der Waals surface area contributed by atoms with Crippen LogP contribution in [-0.4, -0.2) is 44.7 Å². The van der Waals surface area contributed by atoms with Gasteiger partial charge in [0.25, 0.3) is 0 Å². The van der Waals surface area contributed by atoms with Crippen LogP contribution in [0.4, 0.5) is 0 Å². The molecular weight excluding hydrogens is 330 g/mol. The largest absolute Gasteiger partial charge is 0.496 e. The van der Waals surface area contributed by atoms with Gasteiger partial charge >= 0.3 is 0 Å². The molecule has 4 rings (SSSR count). The van der Waals surface area contributed by atoms with Crippen LogP contribution in [0.3, 0.4) is 0 Å². The van der Waals surface area contributed by atoms with Gasteiger partial charge < -0.3 is 9.64 Å². The van der Waals surface area contributed by atoms with Crippen LogP contribution in [-0.2, 0) is 4.79 Å². The van der Waals surface area contributed by atoms with E-state index in [0.717, 1.165) is 41.5 Å². The molecule has 0 spiro atoms. The van der Waals surface area contributed by atoms with Crippen LogP contribution < -0.4 is 4.74 Å². The quantitative estimate of drug-likeness (QED) is 0.723. The molecule has 2 heterocycles. The lowest BCUT2D eigenvalue weighted by Crippen LogP contribution is -2.36. The lowest BCUT2D eigenvalue weighted by atomic mass is 9.96. The first-order chi connectivity index (χ1) is 12.7. The van der Waals surface area contributed by atoms with Crippen LogP contribution in [0.25, 0.3) is 10.8 Å². The zero-order chi connectivity index (χ0) is 18.1. The van der Waals surface area contributed by atoms with Crippen molar-refractivity contribution in [2.45, 2.75) is 31.8 Å². The van der Waals surface area contributed by atoms with Crippen molar-refractivity contribution in [1.29, 1.82) is 0 Å². The summed E-state index contributed by atoms with van der Waals surface area (Å²) in [5, 5.41) is 13.3. The zero-order valence-electron chi connectivity index (χ0n) is 14.9. The molecule has 134 valence electrons. The molecule has 0 radical (unpaired) electrons. The molecule has 1 saturated heterocycles. The summed E-state index contributed by atoms with van der Waals surface area (Å²) >= 11 is 0. The third kappa shape index (κ3) is 2.69. The van der Waals surface area contributed by atoms with Crippen LogP contribution in [0.1, 0.15) is 37.4 Å². The van der Waals surface area contributed by atoms with Crippen molar-refractivity contribution in [3.63, 3.8) is 0 Å². The van der Waals surface area contributed by atoms with Crippen LogP contribution in [0, 0.1) is 0 Å². The number of amides is 1. The number of carbonyl (C=O) groups excluding carboxylic acids is 1. The van der Waals surface area contributed by atoms with Gasteiger partial charge in [-0.05, 0) is 47.2 Å². The second-order valence-corrected chi connectivity index (χ2v) is 6.56. The number of benzene rings is 2. The Morgan fingerprint density at radius 3 is 2.77 bits per heavy atom. The average molecular weight is 351 g/mol. The number of hydrogen-bond acceptors (Lipinski definition) is 5. The van der Waals surface area contributed by atoms with Crippen molar-refractivity contribution in [2.24, 2.45) is 0 Å². The highest BCUT2D eigenvalue weighted by Crippen LogP contribution is 2.39. The third-order valence-electron chi connectivity index (χ3n) is 5.15. The predicted octanol–water partition coefficient (Wildman–Crippen LogP) is 2.76. The monoisotopic (exact) mass is 351 g/mol. The molecule has 7 nitrogen and oxygen atoms in total. The maximum absolute atomic E-state index is 13.1. The summed E-state index contributed by atoms with van der Waals surface area (Å²) in [5.74, 6) is 0.891. The minimum atomic E-state index is -0.421. The van der Waals surface area contributed by atoms with E-state index < -0.39 is 6.04 Å². The van der Waals surface area contributed by atoms with E-state index in [9.17, 15) is 4.79 Å². The fourth-order valence-electron chi connectivity index (χ4n) is 3.82. The van der Waals surface area contributed by atoms with Crippen molar-refractivity contribution in [1.82, 2.24) is 25.1 Å². The lowest BCUT2D eigenvalue weighted by molar-refractivity contribution is -0.135. The van der Waals surface area contributed by atoms with E-state index in [-0.39, 0.29) is 11.9 Å². The molecule has 0 saturated carbocycles. The predicted molar refractivity (Wildman–Crippen MR) is 96.7 cm³/mol. The highest BCUT2D eigenvalue weighted by molar-refractivity contribution is 5.92. The Morgan fingerprint density at radius 1 is 1.23 bits per heavy atom. The molecule has 0 aliphatic carbocycles. The van der Waals surface area contributed by atoms with E-state index in [0.29, 0.717) is 0 Å². The fourth-order valence-corrected chi connectivity index (χ4v) is 3.82. The second-order valence-electron chi connectivity index (χ2n) is 6.56. The van der Waals surface area contributed by atoms with Gasteiger partial charge in [0, 0.05) is 11.9 Å². The molecule has 0 unspecified atom stereocenters. The van der Waals surface area contributed by atoms with Gasteiger partial charge in [0.05, 0.1) is 13.2 Å². The van der Waals surface area contributed by atoms with Gasteiger partial charge in [-0.1, -0.05) is 30.3 Å². The van der Waals surface area contributed by atoms with Crippen LogP contribution >= 0.6 is 0 Å². The molecule has 0 N–H and O–H groups in total. The Bertz CT molecular complexity index is 925. The van der Waals surface area contributed by atoms with Gasteiger partial charge in [-0.25, -0.2) is 4.68 Å². The SMILES string of the molecule is COc1ccc([C@@H]2CCCN2C(=O)[C@H](C)n2cnnn2)c2ccccc12. The number of hydrogen-bond donors (Lipinski definition) is 0. The van der Waals surface area contributed by atoms with Crippen molar-refractivity contribution in [3.05, 3.63) is 48.3 Å². The number of ether oxygens (including phenoxy) is 1. The normalized spacial score (nSPS) is 18.2. The standard InChI is InChI=1S/C19H21N5O2/c1-13(24-12-20-21-22-24)19(25)23-11-5-8-17(23)15-9-10-18(26-2)16-7-4-3-6-14(15)16/h3-4,6-7,9-10,12-13,17H,5,8,11H2,1-2H3/t13-,17-/m0/s1. The highest BCUT2D eigenvalue weighted by Gasteiger charge is 2.34. The van der Waals surface area contributed by atoms with Crippen molar-refractivity contribution in [2.75, 3.05) is 13.7 Å². The van der Waals surface area contributed by atoms with E-state index in [1.807, 2.05) is 30.0 Å². The number of methoxy groups -OCH3 is 1. The van der Waals surface area contributed by atoms with Gasteiger partial charge in [0.1, 0.15) is 18.1 Å². The molecule has 1 aliphatic rings. The first kappa shape index (κ1) is 16.5. The molecule has 1 aliphatic heterocycles. The molecule has 3 aromatic rings. The van der Waals surface area contributed by atoms with Crippen molar-refractivity contribution in [3.8, 4) is 5.75 Å². The Kier molecular flexibility index (Phi) is 4.28. The molecular formula is C19H21N5O2. The molecule has 1 amide bonds. The summed E-state index contributed by atoms with van der Waals surface area (Å²) in [6.07, 6.45) is 3.42. The topological polar surface area (TPSA) is 73.1 Å². The van der Waals surface area contributed by atoms with E-state index in [1.165, 1.54) is 11.0 Å². The van der Waals surface area contributed by atoms with Crippen LogP contribution in [0.2, 0.25) is 0 Å². The van der Waals surface area contributed by atoms with Crippen LogP contribution in [0.15, 0.2) is 42.7 Å². The fraction of sp³-hybridized carbons (Fsp3) is 0.368. The van der Waals surface area contributed by atoms with Crippen molar-refractivity contribution >= 4 is 16.7 Å². The summed E-state index contributed by atoms with van der Waals surface area (Å²) in [6.45, 7) is 2.58. The number of tetrazole rings is 1. The summed E-state index contributed by atoms with van der Waals surface area (Å²) < 4.78 is 7.00. The van der Waals surface area contributed by atoms with E-state index >= 15 is 0 Å². The zero-order valence-corrected chi connectivity index (χ0v) is 14.9. The third-order valence-corrected chi connectivity index (χ3v) is 5.15. The Balaban J connectivity index is 1.71. The maximum atomic E-state index is 13.1. The Hall–Kier alpha value is -2.96. The minimum absolute atomic E-state index is 0.0414. The number of aromatic nitrogens is 4. The first-order valence-electron chi connectivity index (χ1n) is 8.79. The summed E-state index contributed by atoms with van der Waals surface area (Å²) in [4.78, 5) is 15.0. The van der Waals surface area contributed by atoms with Gasteiger partial charge in [-0.2, -0.15) is 0 Å². The lowest BCUT2D eigenvalue weighted by Gasteiger charge is -2.28. The van der Waals surface area contributed by atoms with E-state index in [2.05, 4.69) is 33.7 Å². The number of fused-ring (bicyclic) bond motifs is 1. The number of rotatable bonds is 4. The number of nitrogens with zero attached hydrogens (tertiary/aromatic N) is 5. The highest BCUT2D eigenvalue weighted by atomic mass is 16.5. The molecule has 2 atom stereocenters. The Labute approximate surface area is 151 Å². The smallest absolute Gasteiger partial charge is 0.247 e. The molecule has 2 aromatic carbocycles. The molecule has 1 fully saturated rings. The van der Waals surface area contributed by atoms with E-state index in [4.69, 9.17) is 4.74 Å². The van der Waals surface area contributed by atoms with Crippen molar-refractivity contribution < 1.29 is 9.53 Å². The number of carbonyl (C=O) groups is 1. The molecule has 7 heteroatoms. The molecule has 26 heavy (non-hydrogen) atoms. The minimum Gasteiger partial charge on any atom is -0.496 e. The summed E-state index contributed by atoms with van der Waals surface area (Å²) in [7, 11) is 1.68. The van der Waals surface area contributed by atoms with E-state index in [1.54, 1.807) is 7.11 Å². The summed E-state index contributed by atoms with van der Waals surface area (Å²) in [5.41, 5.74) is 1.16. The van der Waals surface area contributed by atoms with Gasteiger partial charge in [-0.15, -0.1) is 5.10 Å². The summed E-state index contributed by atoms with van der Waals surface area (Å²) in [6, 6.07) is 11.9.